The molecule has 0 aliphatic carbocycles. The Kier molecular flexibility index (Phi) is 6.03. The molecule has 9 rings (SSSR count). The number of hydrogen-bond donors (Lipinski definition) is 0. The summed E-state index contributed by atoms with van der Waals surface area (Å²) in [5, 5.41) is 4.83. The second-order valence-electron chi connectivity index (χ2n) is 11.3. The van der Waals surface area contributed by atoms with Gasteiger partial charge in [-0.3, -0.25) is 0 Å². The number of fused-ring (bicyclic) bond motifs is 6. The lowest BCUT2D eigenvalue weighted by atomic mass is 9.99. The molecule has 0 atom stereocenters. The molecule has 0 aliphatic heterocycles. The van der Waals surface area contributed by atoms with Crippen molar-refractivity contribution in [2.24, 2.45) is 0 Å². The highest BCUT2D eigenvalue weighted by Gasteiger charge is 2.22. The minimum absolute atomic E-state index is 0.877. The standard InChI is InChI=1S/C42H27NOS/c1-2-13-28(14-3-1)31-17-4-7-22-36(31)43(37-23-12-25-39-41(37)35-19-5-8-24-38(35)44-39)30-16-10-15-29(27-30)32-20-11-21-34-33-18-6-9-26-40(33)45-42(32)34/h1-27H. The van der Waals surface area contributed by atoms with Gasteiger partial charge in [0.05, 0.1) is 16.8 Å². The number of benzene rings is 7. The van der Waals surface area contributed by atoms with E-state index in [0.29, 0.717) is 0 Å². The SMILES string of the molecule is c1ccc(-c2ccccc2N(c2cccc(-c3cccc4c3sc3ccccc34)c2)c2cccc3oc4ccccc4c23)cc1. The zero-order valence-electron chi connectivity index (χ0n) is 24.4. The fourth-order valence-electron chi connectivity index (χ4n) is 6.67. The van der Waals surface area contributed by atoms with Gasteiger partial charge in [0.1, 0.15) is 11.2 Å². The first-order valence-corrected chi connectivity index (χ1v) is 16.0. The van der Waals surface area contributed by atoms with Gasteiger partial charge in [0.15, 0.2) is 0 Å². The van der Waals surface area contributed by atoms with Gasteiger partial charge in [-0.25, -0.2) is 0 Å². The van der Waals surface area contributed by atoms with Crippen LogP contribution in [0.1, 0.15) is 0 Å². The highest BCUT2D eigenvalue weighted by Crippen LogP contribution is 2.47. The van der Waals surface area contributed by atoms with Crippen LogP contribution in [0.15, 0.2) is 168 Å². The number of furan rings is 1. The maximum Gasteiger partial charge on any atom is 0.137 e. The van der Waals surface area contributed by atoms with Gasteiger partial charge in [0.2, 0.25) is 0 Å². The van der Waals surface area contributed by atoms with Crippen LogP contribution in [0.2, 0.25) is 0 Å². The third-order valence-electron chi connectivity index (χ3n) is 8.67. The van der Waals surface area contributed by atoms with Crippen molar-refractivity contribution in [1.29, 1.82) is 0 Å². The van der Waals surface area contributed by atoms with E-state index in [1.165, 1.54) is 42.4 Å². The molecule has 2 heterocycles. The third kappa shape index (κ3) is 4.24. The first-order valence-electron chi connectivity index (χ1n) is 15.2. The lowest BCUT2D eigenvalue weighted by Crippen LogP contribution is -2.11. The Morgan fingerprint density at radius 2 is 1.09 bits per heavy atom. The lowest BCUT2D eigenvalue weighted by molar-refractivity contribution is 0.669. The van der Waals surface area contributed by atoms with Crippen LogP contribution in [0.5, 0.6) is 0 Å². The Morgan fingerprint density at radius 1 is 0.444 bits per heavy atom. The first kappa shape index (κ1) is 25.8. The van der Waals surface area contributed by atoms with Crippen molar-refractivity contribution in [1.82, 2.24) is 0 Å². The molecule has 0 amide bonds. The van der Waals surface area contributed by atoms with Gasteiger partial charge in [-0.05, 0) is 59.2 Å². The third-order valence-corrected chi connectivity index (χ3v) is 9.89. The number of anilines is 3. The molecule has 45 heavy (non-hydrogen) atoms. The average molecular weight is 594 g/mol. The van der Waals surface area contributed by atoms with Crippen molar-refractivity contribution in [3.05, 3.63) is 164 Å². The summed E-state index contributed by atoms with van der Waals surface area (Å²) < 4.78 is 9.00. The smallest absolute Gasteiger partial charge is 0.137 e. The molecule has 2 aromatic heterocycles. The van der Waals surface area contributed by atoms with Crippen molar-refractivity contribution >= 4 is 70.5 Å². The molecule has 0 unspecified atom stereocenters. The van der Waals surface area contributed by atoms with Gasteiger partial charge in [-0.1, -0.05) is 121 Å². The monoisotopic (exact) mass is 593 g/mol. The van der Waals surface area contributed by atoms with Crippen LogP contribution in [0.25, 0.3) is 64.4 Å². The Hall–Kier alpha value is -5.64. The summed E-state index contributed by atoms with van der Waals surface area (Å²) in [5.41, 5.74) is 9.83. The largest absolute Gasteiger partial charge is 0.456 e. The number of rotatable bonds is 5. The van der Waals surface area contributed by atoms with Gasteiger partial charge in [0, 0.05) is 36.8 Å². The summed E-state index contributed by atoms with van der Waals surface area (Å²) in [7, 11) is 0. The molecule has 0 bridgehead atoms. The molecule has 7 aromatic carbocycles. The molecular formula is C42H27NOS. The van der Waals surface area contributed by atoms with Crippen LogP contribution < -0.4 is 4.90 Å². The van der Waals surface area contributed by atoms with E-state index in [1.807, 2.05) is 23.5 Å². The minimum Gasteiger partial charge on any atom is -0.456 e. The van der Waals surface area contributed by atoms with E-state index in [9.17, 15) is 0 Å². The zero-order chi connectivity index (χ0) is 29.7. The Balaban J connectivity index is 1.32. The average Bonchev–Trinajstić information content (AvgIpc) is 3.68. The highest BCUT2D eigenvalue weighted by atomic mass is 32.1. The van der Waals surface area contributed by atoms with Gasteiger partial charge >= 0.3 is 0 Å². The fourth-order valence-corrected chi connectivity index (χ4v) is 7.91. The van der Waals surface area contributed by atoms with Crippen LogP contribution in [0.4, 0.5) is 17.1 Å². The van der Waals surface area contributed by atoms with Gasteiger partial charge in [-0.2, -0.15) is 0 Å². The van der Waals surface area contributed by atoms with Crippen molar-refractivity contribution in [2.75, 3.05) is 4.90 Å². The number of nitrogens with zero attached hydrogens (tertiary/aromatic N) is 1. The molecule has 0 radical (unpaired) electrons. The molecule has 0 fully saturated rings. The maximum atomic E-state index is 6.37. The molecule has 0 saturated carbocycles. The van der Waals surface area contributed by atoms with E-state index in [1.54, 1.807) is 0 Å². The molecule has 212 valence electrons. The number of thiophene rings is 1. The number of para-hydroxylation sites is 2. The van der Waals surface area contributed by atoms with Crippen molar-refractivity contribution in [3.8, 4) is 22.3 Å². The van der Waals surface area contributed by atoms with Crippen LogP contribution >= 0.6 is 11.3 Å². The van der Waals surface area contributed by atoms with Crippen molar-refractivity contribution in [3.63, 3.8) is 0 Å². The Morgan fingerprint density at radius 3 is 2.02 bits per heavy atom. The van der Waals surface area contributed by atoms with Crippen molar-refractivity contribution in [2.45, 2.75) is 0 Å². The molecule has 9 aromatic rings. The zero-order valence-corrected chi connectivity index (χ0v) is 25.2. The molecule has 0 saturated heterocycles. The lowest BCUT2D eigenvalue weighted by Gasteiger charge is -2.29. The summed E-state index contributed by atoms with van der Waals surface area (Å²) in [5.74, 6) is 0. The van der Waals surface area contributed by atoms with Gasteiger partial charge in [0.25, 0.3) is 0 Å². The van der Waals surface area contributed by atoms with E-state index >= 15 is 0 Å². The van der Waals surface area contributed by atoms with Gasteiger partial charge in [-0.15, -0.1) is 11.3 Å². The predicted molar refractivity (Wildman–Crippen MR) is 192 cm³/mol. The fraction of sp³-hybridized carbons (Fsp3) is 0. The Bertz CT molecular complexity index is 2510. The normalized spacial score (nSPS) is 11.6. The molecule has 2 nitrogen and oxygen atoms in total. The summed E-state index contributed by atoms with van der Waals surface area (Å²) in [6.45, 7) is 0. The molecular weight excluding hydrogens is 567 g/mol. The molecule has 0 aliphatic rings. The molecule has 0 N–H and O–H groups in total. The van der Waals surface area contributed by atoms with Crippen LogP contribution in [-0.2, 0) is 0 Å². The van der Waals surface area contributed by atoms with E-state index in [-0.39, 0.29) is 0 Å². The van der Waals surface area contributed by atoms with Gasteiger partial charge < -0.3 is 9.32 Å². The van der Waals surface area contributed by atoms with E-state index in [2.05, 4.69) is 157 Å². The number of hydrogen-bond acceptors (Lipinski definition) is 3. The summed E-state index contributed by atoms with van der Waals surface area (Å²) in [4.78, 5) is 2.40. The van der Waals surface area contributed by atoms with E-state index < -0.39 is 0 Å². The van der Waals surface area contributed by atoms with Crippen molar-refractivity contribution < 1.29 is 4.42 Å². The van der Waals surface area contributed by atoms with E-state index in [0.717, 1.165) is 39.0 Å². The van der Waals surface area contributed by atoms with E-state index in [4.69, 9.17) is 4.42 Å². The predicted octanol–water partition coefficient (Wildman–Crippen LogP) is 12.8. The summed E-state index contributed by atoms with van der Waals surface area (Å²) in [6, 6.07) is 58.4. The molecule has 3 heteroatoms. The molecule has 0 spiro atoms. The Labute approximate surface area is 265 Å². The summed E-state index contributed by atoms with van der Waals surface area (Å²) >= 11 is 1.87. The first-order chi connectivity index (χ1) is 22.3. The highest BCUT2D eigenvalue weighted by molar-refractivity contribution is 7.26. The minimum atomic E-state index is 0.877. The maximum absolute atomic E-state index is 6.37. The van der Waals surface area contributed by atoms with Crippen LogP contribution in [0.3, 0.4) is 0 Å². The van der Waals surface area contributed by atoms with Crippen LogP contribution in [-0.4, -0.2) is 0 Å². The summed E-state index contributed by atoms with van der Waals surface area (Å²) in [6.07, 6.45) is 0. The second kappa shape index (κ2) is 10.5. The second-order valence-corrected chi connectivity index (χ2v) is 12.4. The van der Waals surface area contributed by atoms with Crippen LogP contribution in [0, 0.1) is 0 Å². The quantitative estimate of drug-likeness (QED) is 0.197. The topological polar surface area (TPSA) is 16.4 Å².